The van der Waals surface area contributed by atoms with Gasteiger partial charge in [0.25, 0.3) is 0 Å². The highest BCUT2D eigenvalue weighted by Crippen LogP contribution is 2.25. The molecule has 98 valence electrons. The molecular weight excluding hydrogens is 256 g/mol. The summed E-state index contributed by atoms with van der Waals surface area (Å²) in [4.78, 5) is 5.87. The van der Waals surface area contributed by atoms with Crippen LogP contribution >= 0.6 is 11.3 Å². The van der Waals surface area contributed by atoms with Crippen LogP contribution in [0, 0.1) is 6.92 Å². The molecule has 0 bridgehead atoms. The third-order valence-corrected chi connectivity index (χ3v) is 4.14. The summed E-state index contributed by atoms with van der Waals surface area (Å²) in [6.45, 7) is 4.21. The number of aromatic nitrogens is 3. The predicted molar refractivity (Wildman–Crippen MR) is 78.7 cm³/mol. The molecule has 0 saturated heterocycles. The number of pyridine rings is 1. The molecule has 0 fully saturated rings. The number of nitrogens with one attached hydrogen (secondary N) is 1. The van der Waals surface area contributed by atoms with E-state index in [0.29, 0.717) is 5.95 Å². The van der Waals surface area contributed by atoms with E-state index in [2.05, 4.69) is 39.8 Å². The fourth-order valence-corrected chi connectivity index (χ4v) is 2.98. The maximum atomic E-state index is 4.56. The fourth-order valence-electron chi connectivity index (χ4n) is 2.12. The lowest BCUT2D eigenvalue weighted by atomic mass is 10.2. The Kier molecular flexibility index (Phi) is 3.21. The molecule has 1 N–H and O–H groups in total. The number of anilines is 1. The number of hydrogen-bond acceptors (Lipinski definition) is 4. The Bertz CT molecular complexity index is 672. The standard InChI is InChI=1S/C14H16N4S/c1-3-11(12-7-5-9-19-12)15-14-16-13-10(2)6-4-8-18(13)17-14/h4-9,11H,3H2,1-2H3,(H,15,17). The van der Waals surface area contributed by atoms with Crippen molar-refractivity contribution in [1.82, 2.24) is 14.6 Å². The van der Waals surface area contributed by atoms with Gasteiger partial charge in [0.1, 0.15) is 0 Å². The van der Waals surface area contributed by atoms with Crippen molar-refractivity contribution in [2.45, 2.75) is 26.3 Å². The molecule has 5 heteroatoms. The van der Waals surface area contributed by atoms with E-state index in [-0.39, 0.29) is 6.04 Å². The normalized spacial score (nSPS) is 12.7. The molecule has 0 radical (unpaired) electrons. The molecule has 3 heterocycles. The summed E-state index contributed by atoms with van der Waals surface area (Å²) in [6.07, 6.45) is 2.93. The van der Waals surface area contributed by atoms with Crippen molar-refractivity contribution in [1.29, 1.82) is 0 Å². The Morgan fingerprint density at radius 1 is 1.37 bits per heavy atom. The van der Waals surface area contributed by atoms with E-state index in [4.69, 9.17) is 0 Å². The van der Waals surface area contributed by atoms with E-state index >= 15 is 0 Å². The third-order valence-electron chi connectivity index (χ3n) is 3.16. The minimum Gasteiger partial charge on any atom is -0.345 e. The second kappa shape index (κ2) is 5.01. The van der Waals surface area contributed by atoms with E-state index < -0.39 is 0 Å². The first kappa shape index (κ1) is 12.2. The van der Waals surface area contributed by atoms with Crippen molar-refractivity contribution < 1.29 is 0 Å². The Morgan fingerprint density at radius 3 is 2.95 bits per heavy atom. The molecule has 1 unspecified atom stereocenters. The van der Waals surface area contributed by atoms with E-state index in [1.807, 2.05) is 29.8 Å². The van der Waals surface area contributed by atoms with Crippen LogP contribution in [0.15, 0.2) is 35.8 Å². The number of fused-ring (bicyclic) bond motifs is 1. The Morgan fingerprint density at radius 2 is 2.26 bits per heavy atom. The summed E-state index contributed by atoms with van der Waals surface area (Å²) < 4.78 is 1.82. The van der Waals surface area contributed by atoms with Crippen molar-refractivity contribution in [3.63, 3.8) is 0 Å². The summed E-state index contributed by atoms with van der Waals surface area (Å²) in [6, 6.07) is 8.53. The SMILES string of the molecule is CCC(Nc1nc2c(C)cccn2n1)c1cccs1. The van der Waals surface area contributed by atoms with Gasteiger partial charge < -0.3 is 5.32 Å². The summed E-state index contributed by atoms with van der Waals surface area (Å²) in [7, 11) is 0. The van der Waals surface area contributed by atoms with Gasteiger partial charge >= 0.3 is 0 Å². The molecule has 1 atom stereocenters. The van der Waals surface area contributed by atoms with Crippen LogP contribution in [-0.4, -0.2) is 14.6 Å². The van der Waals surface area contributed by atoms with Crippen molar-refractivity contribution in [3.8, 4) is 0 Å². The van der Waals surface area contributed by atoms with Crippen molar-refractivity contribution in [2.75, 3.05) is 5.32 Å². The van der Waals surface area contributed by atoms with Gasteiger partial charge in [-0.05, 0) is 36.4 Å². The van der Waals surface area contributed by atoms with Gasteiger partial charge in [-0.1, -0.05) is 19.1 Å². The number of aryl methyl sites for hydroxylation is 1. The maximum Gasteiger partial charge on any atom is 0.243 e. The monoisotopic (exact) mass is 272 g/mol. The zero-order chi connectivity index (χ0) is 13.2. The van der Waals surface area contributed by atoms with E-state index in [1.165, 1.54) is 4.88 Å². The number of nitrogens with zero attached hydrogens (tertiary/aromatic N) is 3. The lowest BCUT2D eigenvalue weighted by Crippen LogP contribution is -2.09. The lowest BCUT2D eigenvalue weighted by Gasteiger charge is -2.13. The third kappa shape index (κ3) is 2.33. The summed E-state index contributed by atoms with van der Waals surface area (Å²) in [5.74, 6) is 0.689. The predicted octanol–water partition coefficient (Wildman–Crippen LogP) is 3.66. The molecule has 3 aromatic rings. The van der Waals surface area contributed by atoms with Gasteiger partial charge in [-0.25, -0.2) is 4.52 Å². The van der Waals surface area contributed by atoms with Gasteiger partial charge in [-0.3, -0.25) is 0 Å². The Hall–Kier alpha value is -1.88. The van der Waals surface area contributed by atoms with Gasteiger partial charge in [0.15, 0.2) is 5.65 Å². The number of hydrogen-bond donors (Lipinski definition) is 1. The van der Waals surface area contributed by atoms with Crippen LogP contribution in [-0.2, 0) is 0 Å². The van der Waals surface area contributed by atoms with Gasteiger partial charge in [0.2, 0.25) is 5.95 Å². The maximum absolute atomic E-state index is 4.56. The lowest BCUT2D eigenvalue weighted by molar-refractivity contribution is 0.751. The summed E-state index contributed by atoms with van der Waals surface area (Å²) in [5.41, 5.74) is 2.04. The van der Waals surface area contributed by atoms with Crippen LogP contribution in [0.2, 0.25) is 0 Å². The highest BCUT2D eigenvalue weighted by Gasteiger charge is 2.13. The molecule has 0 aliphatic heterocycles. The minimum atomic E-state index is 0.276. The molecule has 0 spiro atoms. The smallest absolute Gasteiger partial charge is 0.243 e. The zero-order valence-corrected chi connectivity index (χ0v) is 11.8. The molecule has 0 aromatic carbocycles. The summed E-state index contributed by atoms with van der Waals surface area (Å²) >= 11 is 1.76. The Labute approximate surface area is 116 Å². The molecule has 0 amide bonds. The van der Waals surface area contributed by atoms with Crippen LogP contribution in [0.25, 0.3) is 5.65 Å². The van der Waals surface area contributed by atoms with Gasteiger partial charge in [0.05, 0.1) is 6.04 Å². The highest BCUT2D eigenvalue weighted by atomic mass is 32.1. The molecule has 0 saturated carbocycles. The minimum absolute atomic E-state index is 0.276. The molecule has 0 aliphatic rings. The van der Waals surface area contributed by atoms with Crippen molar-refractivity contribution in [2.24, 2.45) is 0 Å². The molecular formula is C14H16N4S. The molecule has 4 nitrogen and oxygen atoms in total. The molecule has 3 aromatic heterocycles. The van der Waals surface area contributed by atoms with Crippen molar-refractivity contribution in [3.05, 3.63) is 46.3 Å². The summed E-state index contributed by atoms with van der Waals surface area (Å²) in [5, 5.41) is 9.98. The van der Waals surface area contributed by atoms with Gasteiger partial charge in [0, 0.05) is 11.1 Å². The first-order valence-electron chi connectivity index (χ1n) is 6.40. The average Bonchev–Trinajstić information content (AvgIpc) is 3.05. The highest BCUT2D eigenvalue weighted by molar-refractivity contribution is 7.10. The van der Waals surface area contributed by atoms with E-state index in [9.17, 15) is 0 Å². The number of thiophene rings is 1. The second-order valence-electron chi connectivity index (χ2n) is 4.52. The Balaban J connectivity index is 1.90. The van der Waals surface area contributed by atoms with E-state index in [1.54, 1.807) is 11.3 Å². The zero-order valence-electron chi connectivity index (χ0n) is 11.0. The largest absolute Gasteiger partial charge is 0.345 e. The van der Waals surface area contributed by atoms with Crippen LogP contribution in [0.1, 0.15) is 29.8 Å². The van der Waals surface area contributed by atoms with E-state index in [0.717, 1.165) is 17.6 Å². The second-order valence-corrected chi connectivity index (χ2v) is 5.49. The molecule has 3 rings (SSSR count). The average molecular weight is 272 g/mol. The fraction of sp³-hybridized carbons (Fsp3) is 0.286. The molecule has 19 heavy (non-hydrogen) atoms. The quantitative estimate of drug-likeness (QED) is 0.788. The van der Waals surface area contributed by atoms with Gasteiger partial charge in [-0.15, -0.1) is 16.4 Å². The van der Waals surface area contributed by atoms with Crippen molar-refractivity contribution >= 4 is 22.9 Å². The first-order chi connectivity index (χ1) is 9.28. The van der Waals surface area contributed by atoms with Crippen LogP contribution in [0.4, 0.5) is 5.95 Å². The first-order valence-corrected chi connectivity index (χ1v) is 7.28. The number of rotatable bonds is 4. The van der Waals surface area contributed by atoms with Crippen LogP contribution in [0.3, 0.4) is 0 Å². The van der Waals surface area contributed by atoms with Crippen LogP contribution < -0.4 is 5.32 Å². The molecule has 0 aliphatic carbocycles. The van der Waals surface area contributed by atoms with Crippen LogP contribution in [0.5, 0.6) is 0 Å². The topological polar surface area (TPSA) is 42.2 Å². The van der Waals surface area contributed by atoms with Gasteiger partial charge in [-0.2, -0.15) is 4.98 Å².